The summed E-state index contributed by atoms with van der Waals surface area (Å²) in [5.74, 6) is 0.221. The second-order valence-electron chi connectivity index (χ2n) is 7.27. The van der Waals surface area contributed by atoms with Crippen molar-refractivity contribution in [3.05, 3.63) is 77.9 Å². The summed E-state index contributed by atoms with van der Waals surface area (Å²) in [5.41, 5.74) is 5.79. The predicted molar refractivity (Wildman–Crippen MR) is 133 cm³/mol. The number of benzene rings is 3. The maximum atomic E-state index is 12.5. The van der Waals surface area contributed by atoms with E-state index in [0.29, 0.717) is 29.4 Å². The Balaban J connectivity index is 1.56. The maximum absolute atomic E-state index is 12.5. The molecule has 10 heteroatoms. The van der Waals surface area contributed by atoms with Crippen LogP contribution in [0.15, 0.2) is 66.7 Å². The molecule has 3 aromatic carbocycles. The van der Waals surface area contributed by atoms with Gasteiger partial charge in [-0.05, 0) is 61.5 Å². The number of hydrazine groups is 1. The van der Waals surface area contributed by atoms with Crippen molar-refractivity contribution < 1.29 is 33.3 Å². The molecule has 0 aromatic heterocycles. The van der Waals surface area contributed by atoms with Gasteiger partial charge in [-0.25, -0.2) is 0 Å². The average Bonchev–Trinajstić information content (AvgIpc) is 2.91. The van der Waals surface area contributed by atoms with Gasteiger partial charge in [0.05, 0.1) is 26.5 Å². The van der Waals surface area contributed by atoms with Crippen molar-refractivity contribution in [1.29, 1.82) is 0 Å². The number of hydrogen-bond donors (Lipinski definition) is 3. The Morgan fingerprint density at radius 3 is 2.03 bits per heavy atom. The van der Waals surface area contributed by atoms with E-state index >= 15 is 0 Å². The van der Waals surface area contributed by atoms with E-state index in [1.54, 1.807) is 48.5 Å². The van der Waals surface area contributed by atoms with E-state index < -0.39 is 17.7 Å². The van der Waals surface area contributed by atoms with E-state index in [1.165, 1.54) is 32.4 Å². The van der Waals surface area contributed by atoms with Gasteiger partial charge in [-0.15, -0.1) is 0 Å². The second-order valence-corrected chi connectivity index (χ2v) is 7.27. The molecule has 3 rings (SSSR count). The molecule has 0 heterocycles. The van der Waals surface area contributed by atoms with Gasteiger partial charge in [-0.1, -0.05) is 12.1 Å². The first-order valence-corrected chi connectivity index (χ1v) is 11.0. The van der Waals surface area contributed by atoms with Crippen LogP contribution >= 0.6 is 0 Å². The summed E-state index contributed by atoms with van der Waals surface area (Å²) in [6.45, 7) is 2.09. The van der Waals surface area contributed by atoms with Crippen LogP contribution in [-0.4, -0.2) is 45.2 Å². The second kappa shape index (κ2) is 12.7. The molecule has 0 bridgehead atoms. The Hall–Kier alpha value is -4.73. The van der Waals surface area contributed by atoms with Gasteiger partial charge >= 0.3 is 0 Å². The molecule has 0 aliphatic rings. The van der Waals surface area contributed by atoms with Crippen molar-refractivity contribution in [3.8, 4) is 23.0 Å². The third-order valence-electron chi connectivity index (χ3n) is 4.88. The van der Waals surface area contributed by atoms with Gasteiger partial charge in [-0.3, -0.25) is 25.2 Å². The first-order valence-electron chi connectivity index (χ1n) is 11.0. The van der Waals surface area contributed by atoms with E-state index in [4.69, 9.17) is 18.9 Å². The lowest BCUT2D eigenvalue weighted by Crippen LogP contribution is -2.41. The smallest absolute Gasteiger partial charge is 0.269 e. The van der Waals surface area contributed by atoms with Gasteiger partial charge < -0.3 is 24.3 Å². The number of ether oxygens (including phenoxy) is 4. The summed E-state index contributed by atoms with van der Waals surface area (Å²) in [4.78, 5) is 37.1. The quantitative estimate of drug-likeness (QED) is 0.371. The van der Waals surface area contributed by atoms with Crippen molar-refractivity contribution >= 4 is 23.4 Å². The van der Waals surface area contributed by atoms with Gasteiger partial charge in [0.15, 0.2) is 18.1 Å². The minimum atomic E-state index is -0.562. The molecule has 0 saturated carbocycles. The normalized spacial score (nSPS) is 10.1. The van der Waals surface area contributed by atoms with E-state index in [2.05, 4.69) is 16.2 Å². The molecule has 0 aliphatic heterocycles. The summed E-state index contributed by atoms with van der Waals surface area (Å²) in [6.07, 6.45) is 0. The van der Waals surface area contributed by atoms with E-state index in [1.807, 2.05) is 6.92 Å². The van der Waals surface area contributed by atoms with Crippen LogP contribution in [0.2, 0.25) is 0 Å². The minimum absolute atomic E-state index is 0.213. The molecule has 36 heavy (non-hydrogen) atoms. The molecule has 10 nitrogen and oxygen atoms in total. The number of amides is 3. The fraction of sp³-hybridized carbons (Fsp3) is 0.192. The number of nitrogens with one attached hydrogen (secondary N) is 3. The Bertz CT molecular complexity index is 1210. The fourth-order valence-electron chi connectivity index (χ4n) is 3.13. The van der Waals surface area contributed by atoms with Crippen LogP contribution in [0.3, 0.4) is 0 Å². The SMILES string of the molecule is CCOc1ccc(C(=O)NNC(=O)c2ccc(OCC(=O)Nc3ccccc3OC)c(OC)c2)cc1. The number of methoxy groups -OCH3 is 2. The third kappa shape index (κ3) is 6.89. The molecular formula is C26H27N3O7. The molecule has 0 aliphatic carbocycles. The van der Waals surface area contributed by atoms with Crippen LogP contribution in [0, 0.1) is 0 Å². The average molecular weight is 494 g/mol. The minimum Gasteiger partial charge on any atom is -0.495 e. The molecule has 3 aromatic rings. The van der Waals surface area contributed by atoms with Crippen molar-refractivity contribution in [2.75, 3.05) is 32.8 Å². The highest BCUT2D eigenvalue weighted by Crippen LogP contribution is 2.28. The highest BCUT2D eigenvalue weighted by Gasteiger charge is 2.15. The number of carbonyl (C=O) groups is 3. The van der Waals surface area contributed by atoms with Crippen LogP contribution < -0.4 is 35.1 Å². The van der Waals surface area contributed by atoms with Crippen LogP contribution in [0.1, 0.15) is 27.6 Å². The summed E-state index contributed by atoms with van der Waals surface area (Å²) < 4.78 is 21.4. The summed E-state index contributed by atoms with van der Waals surface area (Å²) in [5, 5.41) is 2.71. The van der Waals surface area contributed by atoms with Gasteiger partial charge in [0.2, 0.25) is 0 Å². The summed E-state index contributed by atoms with van der Waals surface area (Å²) in [7, 11) is 2.92. The molecular weight excluding hydrogens is 466 g/mol. The molecule has 0 saturated heterocycles. The zero-order valence-electron chi connectivity index (χ0n) is 20.1. The van der Waals surface area contributed by atoms with Crippen LogP contribution in [0.5, 0.6) is 23.0 Å². The fourth-order valence-corrected chi connectivity index (χ4v) is 3.13. The first kappa shape index (κ1) is 25.9. The van der Waals surface area contributed by atoms with Crippen molar-refractivity contribution in [2.24, 2.45) is 0 Å². The molecule has 3 amide bonds. The number of rotatable bonds is 10. The number of anilines is 1. The highest BCUT2D eigenvalue weighted by molar-refractivity contribution is 5.99. The van der Waals surface area contributed by atoms with E-state index in [0.717, 1.165) is 0 Å². The third-order valence-corrected chi connectivity index (χ3v) is 4.88. The van der Waals surface area contributed by atoms with Crippen molar-refractivity contribution in [1.82, 2.24) is 10.9 Å². The maximum Gasteiger partial charge on any atom is 0.269 e. The number of hydrogen-bond acceptors (Lipinski definition) is 7. The van der Waals surface area contributed by atoms with Gasteiger partial charge in [0, 0.05) is 11.1 Å². The van der Waals surface area contributed by atoms with Gasteiger partial charge in [-0.2, -0.15) is 0 Å². The van der Waals surface area contributed by atoms with E-state index in [9.17, 15) is 14.4 Å². The highest BCUT2D eigenvalue weighted by atomic mass is 16.5. The van der Waals surface area contributed by atoms with E-state index in [-0.39, 0.29) is 23.7 Å². The zero-order chi connectivity index (χ0) is 25.9. The molecule has 3 N–H and O–H groups in total. The monoisotopic (exact) mass is 493 g/mol. The summed E-state index contributed by atoms with van der Waals surface area (Å²) >= 11 is 0. The van der Waals surface area contributed by atoms with Crippen LogP contribution in [0.25, 0.3) is 0 Å². The molecule has 0 radical (unpaired) electrons. The largest absolute Gasteiger partial charge is 0.495 e. The number of para-hydroxylation sites is 2. The first-order chi connectivity index (χ1) is 17.4. The lowest BCUT2D eigenvalue weighted by atomic mass is 10.2. The van der Waals surface area contributed by atoms with Gasteiger partial charge in [0.1, 0.15) is 11.5 Å². The molecule has 0 atom stereocenters. The molecule has 0 spiro atoms. The van der Waals surface area contributed by atoms with Crippen LogP contribution in [-0.2, 0) is 4.79 Å². The Labute approximate surface area is 208 Å². The Kier molecular flexibility index (Phi) is 9.10. The Morgan fingerprint density at radius 2 is 1.36 bits per heavy atom. The van der Waals surface area contributed by atoms with Crippen molar-refractivity contribution in [3.63, 3.8) is 0 Å². The lowest BCUT2D eigenvalue weighted by molar-refractivity contribution is -0.118. The zero-order valence-corrected chi connectivity index (χ0v) is 20.1. The topological polar surface area (TPSA) is 124 Å². The molecule has 188 valence electrons. The van der Waals surface area contributed by atoms with Crippen LogP contribution in [0.4, 0.5) is 5.69 Å². The lowest BCUT2D eigenvalue weighted by Gasteiger charge is -2.13. The van der Waals surface area contributed by atoms with Gasteiger partial charge in [0.25, 0.3) is 17.7 Å². The Morgan fingerprint density at radius 1 is 0.722 bits per heavy atom. The molecule has 0 unspecified atom stereocenters. The number of carbonyl (C=O) groups excluding carboxylic acids is 3. The van der Waals surface area contributed by atoms with Crippen molar-refractivity contribution in [2.45, 2.75) is 6.92 Å². The standard InChI is InChI=1S/C26H27N3O7/c1-4-35-19-12-9-17(10-13-19)25(31)28-29-26(32)18-11-14-22(23(15-18)34-3)36-16-24(30)27-20-7-5-6-8-21(20)33-2/h5-15H,4,16H2,1-3H3,(H,27,30)(H,28,31)(H,29,32). The molecule has 0 fully saturated rings. The summed E-state index contributed by atoms with van der Waals surface area (Å²) in [6, 6.07) is 17.9. The predicted octanol–water partition coefficient (Wildman–Crippen LogP) is 3.19.